The van der Waals surface area contributed by atoms with Crippen molar-refractivity contribution in [3.05, 3.63) is 28.3 Å². The normalized spacial score (nSPS) is 12.6. The van der Waals surface area contributed by atoms with Crippen LogP contribution in [-0.4, -0.2) is 12.6 Å². The summed E-state index contributed by atoms with van der Waals surface area (Å²) >= 11 is 6.05. The number of hydrogen-bond acceptors (Lipinski definition) is 3. The van der Waals surface area contributed by atoms with Crippen molar-refractivity contribution in [1.29, 1.82) is 0 Å². The Morgan fingerprint density at radius 2 is 1.93 bits per heavy atom. The molecule has 0 saturated carbocycles. The maximum absolute atomic E-state index is 6.05. The van der Waals surface area contributed by atoms with Gasteiger partial charge in [0.05, 0.1) is 6.04 Å². The van der Waals surface area contributed by atoms with E-state index in [1.165, 1.54) is 0 Å². The highest BCUT2D eigenvalue weighted by Crippen LogP contribution is 2.25. The van der Waals surface area contributed by atoms with Crippen molar-refractivity contribution < 1.29 is 4.74 Å². The number of aryl methyl sites for hydroxylation is 2. The summed E-state index contributed by atoms with van der Waals surface area (Å²) < 4.78 is 5.57. The zero-order chi connectivity index (χ0) is 11.4. The Balaban J connectivity index is 2.70. The summed E-state index contributed by atoms with van der Waals surface area (Å²) in [6.45, 7) is 6.42. The number of hydrazine groups is 1. The van der Waals surface area contributed by atoms with Gasteiger partial charge in [-0.05, 0) is 44.0 Å². The molecule has 0 aromatic heterocycles. The van der Waals surface area contributed by atoms with E-state index in [2.05, 4.69) is 5.43 Å². The topological polar surface area (TPSA) is 47.3 Å². The molecule has 0 bridgehead atoms. The van der Waals surface area contributed by atoms with Gasteiger partial charge in [0.25, 0.3) is 0 Å². The molecule has 0 aliphatic heterocycles. The molecule has 0 aliphatic rings. The summed E-state index contributed by atoms with van der Waals surface area (Å²) in [6, 6.07) is 3.98. The maximum Gasteiger partial charge on any atom is 0.120 e. The standard InChI is InChI=1S/C11H17ClN2O/c1-7-4-10(5-8(2)11(7)12)15-6-9(3)14-13/h4-5,9,14H,6,13H2,1-3H3. The Hall–Kier alpha value is -0.770. The summed E-state index contributed by atoms with van der Waals surface area (Å²) in [5.41, 5.74) is 4.68. The first kappa shape index (κ1) is 12.3. The smallest absolute Gasteiger partial charge is 0.120 e. The summed E-state index contributed by atoms with van der Waals surface area (Å²) in [5.74, 6) is 6.10. The third kappa shape index (κ3) is 3.38. The first-order valence-electron chi connectivity index (χ1n) is 4.90. The van der Waals surface area contributed by atoms with Crippen LogP contribution in [0.5, 0.6) is 5.75 Å². The van der Waals surface area contributed by atoms with Crippen molar-refractivity contribution in [1.82, 2.24) is 5.43 Å². The van der Waals surface area contributed by atoms with Gasteiger partial charge in [0.15, 0.2) is 0 Å². The molecular formula is C11H17ClN2O. The van der Waals surface area contributed by atoms with Gasteiger partial charge in [-0.25, -0.2) is 0 Å². The third-order valence-electron chi connectivity index (χ3n) is 2.19. The lowest BCUT2D eigenvalue weighted by molar-refractivity contribution is 0.274. The Morgan fingerprint density at radius 1 is 1.40 bits per heavy atom. The molecule has 1 atom stereocenters. The molecule has 3 N–H and O–H groups in total. The predicted molar refractivity (Wildman–Crippen MR) is 63.2 cm³/mol. The molecule has 0 amide bonds. The molecule has 1 rings (SSSR count). The van der Waals surface area contributed by atoms with E-state index in [1.807, 2.05) is 32.9 Å². The maximum atomic E-state index is 6.05. The summed E-state index contributed by atoms with van der Waals surface area (Å²) in [7, 11) is 0. The van der Waals surface area contributed by atoms with Crippen LogP contribution in [0.2, 0.25) is 5.02 Å². The number of benzene rings is 1. The minimum Gasteiger partial charge on any atom is -0.492 e. The van der Waals surface area contributed by atoms with Gasteiger partial charge in [-0.2, -0.15) is 0 Å². The lowest BCUT2D eigenvalue weighted by Gasteiger charge is -2.13. The number of ether oxygens (including phenoxy) is 1. The largest absolute Gasteiger partial charge is 0.492 e. The predicted octanol–water partition coefficient (Wildman–Crippen LogP) is 2.19. The zero-order valence-corrected chi connectivity index (χ0v) is 10.1. The van der Waals surface area contributed by atoms with E-state index >= 15 is 0 Å². The SMILES string of the molecule is Cc1cc(OCC(C)NN)cc(C)c1Cl. The first-order chi connectivity index (χ1) is 7.04. The molecule has 0 fully saturated rings. The molecule has 15 heavy (non-hydrogen) atoms. The van der Waals surface area contributed by atoms with Gasteiger partial charge >= 0.3 is 0 Å². The molecule has 4 heteroatoms. The summed E-state index contributed by atoms with van der Waals surface area (Å²) in [5, 5.41) is 0.798. The minimum absolute atomic E-state index is 0.126. The second kappa shape index (κ2) is 5.35. The van der Waals surface area contributed by atoms with E-state index in [0.717, 1.165) is 21.9 Å². The van der Waals surface area contributed by atoms with Crippen molar-refractivity contribution in [3.63, 3.8) is 0 Å². The Morgan fingerprint density at radius 3 is 2.40 bits per heavy atom. The van der Waals surface area contributed by atoms with Gasteiger partial charge in [-0.15, -0.1) is 0 Å². The van der Waals surface area contributed by atoms with Crippen molar-refractivity contribution >= 4 is 11.6 Å². The summed E-state index contributed by atoms with van der Waals surface area (Å²) in [4.78, 5) is 0. The van der Waals surface area contributed by atoms with Crippen LogP contribution in [0.1, 0.15) is 18.1 Å². The molecule has 0 spiro atoms. The number of nitrogens with two attached hydrogens (primary N) is 1. The van der Waals surface area contributed by atoms with Crippen LogP contribution in [0.25, 0.3) is 0 Å². The highest BCUT2D eigenvalue weighted by molar-refractivity contribution is 6.32. The fourth-order valence-corrected chi connectivity index (χ4v) is 1.37. The van der Waals surface area contributed by atoms with E-state index in [9.17, 15) is 0 Å². The van der Waals surface area contributed by atoms with E-state index < -0.39 is 0 Å². The van der Waals surface area contributed by atoms with Crippen LogP contribution < -0.4 is 16.0 Å². The lowest BCUT2D eigenvalue weighted by atomic mass is 10.1. The second-order valence-electron chi connectivity index (χ2n) is 3.75. The van der Waals surface area contributed by atoms with Crippen LogP contribution in [-0.2, 0) is 0 Å². The molecular weight excluding hydrogens is 212 g/mol. The molecule has 1 aromatic carbocycles. The molecule has 84 valence electrons. The van der Waals surface area contributed by atoms with Gasteiger partial charge in [-0.1, -0.05) is 11.6 Å². The molecule has 1 unspecified atom stereocenters. The van der Waals surface area contributed by atoms with Gasteiger partial charge in [-0.3, -0.25) is 11.3 Å². The highest BCUT2D eigenvalue weighted by atomic mass is 35.5. The van der Waals surface area contributed by atoms with Gasteiger partial charge in [0.2, 0.25) is 0 Å². The van der Waals surface area contributed by atoms with Crippen LogP contribution in [0, 0.1) is 13.8 Å². The molecule has 0 heterocycles. The number of halogens is 1. The Labute approximate surface area is 95.5 Å². The van der Waals surface area contributed by atoms with Crippen molar-refractivity contribution in [2.24, 2.45) is 5.84 Å². The van der Waals surface area contributed by atoms with Gasteiger partial charge in [0.1, 0.15) is 12.4 Å². The van der Waals surface area contributed by atoms with Crippen molar-refractivity contribution in [2.75, 3.05) is 6.61 Å². The fourth-order valence-electron chi connectivity index (χ4n) is 1.26. The molecule has 0 aliphatic carbocycles. The monoisotopic (exact) mass is 228 g/mol. The Bertz CT molecular complexity index is 318. The van der Waals surface area contributed by atoms with Crippen LogP contribution in [0.15, 0.2) is 12.1 Å². The molecule has 3 nitrogen and oxygen atoms in total. The molecule has 1 aromatic rings. The van der Waals surface area contributed by atoms with Crippen LogP contribution in [0.4, 0.5) is 0 Å². The van der Waals surface area contributed by atoms with Crippen LogP contribution in [0.3, 0.4) is 0 Å². The number of nitrogens with one attached hydrogen (secondary N) is 1. The molecule has 0 saturated heterocycles. The zero-order valence-electron chi connectivity index (χ0n) is 9.30. The lowest BCUT2D eigenvalue weighted by Crippen LogP contribution is -2.36. The second-order valence-corrected chi connectivity index (χ2v) is 4.13. The van der Waals surface area contributed by atoms with E-state index in [0.29, 0.717) is 6.61 Å². The van der Waals surface area contributed by atoms with E-state index in [4.69, 9.17) is 22.2 Å². The average Bonchev–Trinajstić information content (AvgIpc) is 2.22. The third-order valence-corrected chi connectivity index (χ3v) is 2.79. The van der Waals surface area contributed by atoms with E-state index in [-0.39, 0.29) is 6.04 Å². The quantitative estimate of drug-likeness (QED) is 0.614. The minimum atomic E-state index is 0.126. The van der Waals surface area contributed by atoms with E-state index in [1.54, 1.807) is 0 Å². The first-order valence-corrected chi connectivity index (χ1v) is 5.28. The van der Waals surface area contributed by atoms with Crippen molar-refractivity contribution in [2.45, 2.75) is 26.8 Å². The van der Waals surface area contributed by atoms with Gasteiger partial charge in [0, 0.05) is 5.02 Å². The fraction of sp³-hybridized carbons (Fsp3) is 0.455. The average molecular weight is 229 g/mol. The number of hydrogen-bond donors (Lipinski definition) is 2. The van der Waals surface area contributed by atoms with Gasteiger partial charge < -0.3 is 4.74 Å². The van der Waals surface area contributed by atoms with Crippen molar-refractivity contribution in [3.8, 4) is 5.75 Å². The summed E-state index contributed by atoms with van der Waals surface area (Å²) in [6.07, 6.45) is 0. The van der Waals surface area contributed by atoms with Crippen LogP contribution >= 0.6 is 11.6 Å². The number of rotatable bonds is 4. The molecule has 0 radical (unpaired) electrons. The Kier molecular flexibility index (Phi) is 4.39. The highest BCUT2D eigenvalue weighted by Gasteiger charge is 2.05.